The normalized spacial score (nSPS) is 12.7. The van der Waals surface area contributed by atoms with Crippen LogP contribution in [0.5, 0.6) is 0 Å². The van der Waals surface area contributed by atoms with Crippen LogP contribution in [0, 0.1) is 0 Å². The maximum absolute atomic E-state index is 5.80. The molecule has 0 spiro atoms. The van der Waals surface area contributed by atoms with Crippen LogP contribution in [0.1, 0.15) is 6.42 Å². The van der Waals surface area contributed by atoms with Crippen molar-refractivity contribution in [3.63, 3.8) is 0 Å². The molecule has 0 rings (SSSR count). The summed E-state index contributed by atoms with van der Waals surface area (Å²) in [5.41, 5.74) is 6.98. The van der Waals surface area contributed by atoms with Crippen molar-refractivity contribution < 1.29 is 0 Å². The van der Waals surface area contributed by atoms with Gasteiger partial charge in [-0.2, -0.15) is 11.8 Å². The summed E-state index contributed by atoms with van der Waals surface area (Å²) >= 11 is 1.84. The van der Waals surface area contributed by atoms with E-state index in [0.29, 0.717) is 0 Å². The van der Waals surface area contributed by atoms with Crippen molar-refractivity contribution in [2.75, 3.05) is 12.0 Å². The molecule has 0 aromatic heterocycles. The molecule has 0 aliphatic heterocycles. The van der Waals surface area contributed by atoms with Crippen LogP contribution in [-0.2, 0) is 0 Å². The molecular formula is C7H16BNS. The smallest absolute Gasteiger partial charge is 0.150 e. The van der Waals surface area contributed by atoms with E-state index in [1.165, 1.54) is 5.47 Å². The van der Waals surface area contributed by atoms with Crippen LogP contribution < -0.4 is 5.73 Å². The number of thioether (sulfide) groups is 1. The summed E-state index contributed by atoms with van der Waals surface area (Å²) < 4.78 is 0. The van der Waals surface area contributed by atoms with Gasteiger partial charge in [-0.25, -0.2) is 0 Å². The van der Waals surface area contributed by atoms with Gasteiger partial charge in [-0.1, -0.05) is 12.3 Å². The number of hydrogen-bond acceptors (Lipinski definition) is 2. The van der Waals surface area contributed by atoms with E-state index in [1.807, 2.05) is 11.8 Å². The van der Waals surface area contributed by atoms with Crippen molar-refractivity contribution in [2.45, 2.75) is 19.3 Å². The maximum atomic E-state index is 5.80. The fourth-order valence-electron chi connectivity index (χ4n) is 0.711. The topological polar surface area (TPSA) is 26.0 Å². The molecule has 58 valence electrons. The summed E-state index contributed by atoms with van der Waals surface area (Å²) in [6.07, 6.45) is 3.16. The SMILES string of the molecule is C=C(BC)[C@@H](N)CCSC. The Hall–Kier alpha value is 0.115. The largest absolute Gasteiger partial charge is 0.325 e. The van der Waals surface area contributed by atoms with Gasteiger partial charge in [0.25, 0.3) is 0 Å². The van der Waals surface area contributed by atoms with Gasteiger partial charge >= 0.3 is 0 Å². The summed E-state index contributed by atoms with van der Waals surface area (Å²) in [6.45, 7) is 5.99. The maximum Gasteiger partial charge on any atom is 0.150 e. The molecule has 10 heavy (non-hydrogen) atoms. The monoisotopic (exact) mass is 157 g/mol. The van der Waals surface area contributed by atoms with Crippen LogP contribution in [0.3, 0.4) is 0 Å². The lowest BCUT2D eigenvalue weighted by Gasteiger charge is -2.11. The molecule has 0 amide bonds. The zero-order chi connectivity index (χ0) is 7.98. The Morgan fingerprint density at radius 3 is 2.80 bits per heavy atom. The van der Waals surface area contributed by atoms with Gasteiger partial charge in [-0.3, -0.25) is 0 Å². The standard InChI is InChI=1S/C7H16BNS/c1-6(8-2)7(9)4-5-10-3/h7-8H,1,4-5,9H2,2-3H3/t7-/m0/s1. The van der Waals surface area contributed by atoms with Crippen molar-refractivity contribution in [3.05, 3.63) is 12.1 Å². The highest BCUT2D eigenvalue weighted by Gasteiger charge is 2.03. The molecule has 0 unspecified atom stereocenters. The molecule has 0 aliphatic carbocycles. The molecule has 1 atom stereocenters. The van der Waals surface area contributed by atoms with Gasteiger partial charge < -0.3 is 5.73 Å². The third-order valence-electron chi connectivity index (χ3n) is 1.61. The van der Waals surface area contributed by atoms with Crippen molar-refractivity contribution in [1.82, 2.24) is 0 Å². The lowest BCUT2D eigenvalue weighted by Crippen LogP contribution is -2.25. The minimum absolute atomic E-state index is 0.220. The first-order chi connectivity index (χ1) is 4.72. The lowest BCUT2D eigenvalue weighted by atomic mass is 9.69. The molecule has 0 fully saturated rings. The Morgan fingerprint density at radius 1 is 1.80 bits per heavy atom. The second-order valence-corrected chi connectivity index (χ2v) is 3.39. The number of nitrogens with two attached hydrogens (primary N) is 1. The van der Waals surface area contributed by atoms with E-state index in [4.69, 9.17) is 5.73 Å². The lowest BCUT2D eigenvalue weighted by molar-refractivity contribution is 0.778. The fraction of sp³-hybridized carbons (Fsp3) is 0.714. The average molecular weight is 157 g/mol. The first-order valence-corrected chi connectivity index (χ1v) is 5.04. The summed E-state index contributed by atoms with van der Waals surface area (Å²) in [5, 5.41) is 0. The molecule has 0 saturated carbocycles. The Balaban J connectivity index is 3.41. The van der Waals surface area contributed by atoms with Crippen LogP contribution in [0.25, 0.3) is 0 Å². The fourth-order valence-corrected chi connectivity index (χ4v) is 1.20. The molecule has 0 saturated heterocycles. The molecule has 0 radical (unpaired) electrons. The van der Waals surface area contributed by atoms with Crippen LogP contribution in [0.4, 0.5) is 0 Å². The van der Waals surface area contributed by atoms with Gasteiger partial charge in [0.15, 0.2) is 0 Å². The highest BCUT2D eigenvalue weighted by Crippen LogP contribution is 2.04. The minimum Gasteiger partial charge on any atom is -0.325 e. The zero-order valence-corrected chi connectivity index (χ0v) is 7.71. The molecule has 0 aliphatic rings. The number of hydrogen-bond donors (Lipinski definition) is 1. The van der Waals surface area contributed by atoms with E-state index in [-0.39, 0.29) is 6.04 Å². The van der Waals surface area contributed by atoms with E-state index in [0.717, 1.165) is 19.5 Å². The van der Waals surface area contributed by atoms with Crippen molar-refractivity contribution in [2.24, 2.45) is 5.73 Å². The van der Waals surface area contributed by atoms with Gasteiger partial charge in [0.2, 0.25) is 0 Å². The van der Waals surface area contributed by atoms with E-state index in [1.54, 1.807) is 0 Å². The summed E-state index contributed by atoms with van der Waals surface area (Å²) in [4.78, 5) is 0. The predicted molar refractivity (Wildman–Crippen MR) is 53.1 cm³/mol. The average Bonchev–Trinajstić information content (AvgIpc) is 1.98. The summed E-state index contributed by atoms with van der Waals surface area (Å²) in [7, 11) is 1.01. The third-order valence-corrected chi connectivity index (χ3v) is 2.26. The predicted octanol–water partition coefficient (Wildman–Crippen LogP) is 1.07. The van der Waals surface area contributed by atoms with Gasteiger partial charge in [-0.15, -0.1) is 6.58 Å². The van der Waals surface area contributed by atoms with Crippen LogP contribution >= 0.6 is 11.8 Å². The van der Waals surface area contributed by atoms with Crippen molar-refractivity contribution >= 4 is 19.0 Å². The van der Waals surface area contributed by atoms with Crippen LogP contribution in [0.2, 0.25) is 6.82 Å². The van der Waals surface area contributed by atoms with Crippen LogP contribution in [0.15, 0.2) is 12.1 Å². The van der Waals surface area contributed by atoms with E-state index < -0.39 is 0 Å². The molecule has 0 aromatic carbocycles. The number of rotatable bonds is 5. The Labute approximate surface area is 68.7 Å². The molecular weight excluding hydrogens is 141 g/mol. The highest BCUT2D eigenvalue weighted by molar-refractivity contribution is 7.98. The van der Waals surface area contributed by atoms with E-state index in [2.05, 4.69) is 19.7 Å². The third kappa shape index (κ3) is 4.02. The molecule has 1 nitrogen and oxygen atoms in total. The Kier molecular flexibility index (Phi) is 5.93. The Morgan fingerprint density at radius 2 is 2.40 bits per heavy atom. The van der Waals surface area contributed by atoms with Gasteiger partial charge in [0.1, 0.15) is 7.28 Å². The molecule has 2 N–H and O–H groups in total. The van der Waals surface area contributed by atoms with E-state index in [9.17, 15) is 0 Å². The minimum atomic E-state index is 0.220. The van der Waals surface area contributed by atoms with Gasteiger partial charge in [0.05, 0.1) is 0 Å². The molecule has 0 heterocycles. The van der Waals surface area contributed by atoms with Crippen molar-refractivity contribution in [3.8, 4) is 0 Å². The molecule has 3 heteroatoms. The van der Waals surface area contributed by atoms with E-state index >= 15 is 0 Å². The second-order valence-electron chi connectivity index (χ2n) is 2.40. The van der Waals surface area contributed by atoms with Crippen molar-refractivity contribution in [1.29, 1.82) is 0 Å². The Bertz CT molecular complexity index is 106. The molecule has 0 aromatic rings. The van der Waals surface area contributed by atoms with Gasteiger partial charge in [-0.05, 0) is 18.4 Å². The summed E-state index contributed by atoms with van der Waals surface area (Å²) in [6, 6.07) is 0.220. The van der Waals surface area contributed by atoms with Crippen LogP contribution in [-0.4, -0.2) is 25.3 Å². The first kappa shape index (κ1) is 10.1. The first-order valence-electron chi connectivity index (χ1n) is 3.64. The summed E-state index contributed by atoms with van der Waals surface area (Å²) in [5.74, 6) is 1.14. The quantitative estimate of drug-likeness (QED) is 0.604. The zero-order valence-electron chi connectivity index (χ0n) is 6.89. The van der Waals surface area contributed by atoms with Gasteiger partial charge in [0, 0.05) is 6.04 Å². The molecule has 0 bridgehead atoms. The second kappa shape index (κ2) is 5.87. The highest BCUT2D eigenvalue weighted by atomic mass is 32.2.